The van der Waals surface area contributed by atoms with E-state index in [1.165, 1.54) is 6.42 Å². The molecule has 4 rings (SSSR count). The molecule has 2 amide bonds. The van der Waals surface area contributed by atoms with Crippen molar-refractivity contribution in [2.45, 2.75) is 51.5 Å². The number of hydrogen-bond acceptors (Lipinski definition) is 3. The molecule has 138 valence electrons. The summed E-state index contributed by atoms with van der Waals surface area (Å²) in [7, 11) is 0. The molecule has 0 radical (unpaired) electrons. The van der Waals surface area contributed by atoms with Gasteiger partial charge < -0.3 is 9.80 Å². The van der Waals surface area contributed by atoms with Gasteiger partial charge in [-0.25, -0.2) is 4.98 Å². The Balaban J connectivity index is 1.73. The molecule has 0 spiro atoms. The normalized spacial score (nSPS) is 20.7. The highest BCUT2D eigenvalue weighted by molar-refractivity contribution is 6.02. The third kappa shape index (κ3) is 2.87. The summed E-state index contributed by atoms with van der Waals surface area (Å²) in [6, 6.07) is 5.92. The number of nitrogens with zero attached hydrogens (tertiary/aromatic N) is 4. The van der Waals surface area contributed by atoms with Crippen molar-refractivity contribution in [2.75, 3.05) is 19.6 Å². The molecule has 6 nitrogen and oxygen atoms in total. The fraction of sp³-hybridized carbons (Fsp3) is 0.550. The lowest BCUT2D eigenvalue weighted by molar-refractivity contribution is 0.0604. The largest absolute Gasteiger partial charge is 0.336 e. The minimum Gasteiger partial charge on any atom is -0.336 e. The Labute approximate surface area is 153 Å². The fourth-order valence-corrected chi connectivity index (χ4v) is 4.24. The van der Waals surface area contributed by atoms with E-state index in [4.69, 9.17) is 0 Å². The van der Waals surface area contributed by atoms with Gasteiger partial charge in [0.25, 0.3) is 11.8 Å². The SMILES string of the molecule is CCC1CCCCN1C(=O)c1nc(C(=O)N2CCCC2)n2ccccc12. The zero-order valence-electron chi connectivity index (χ0n) is 15.4. The Bertz CT molecular complexity index is 822. The van der Waals surface area contributed by atoms with Crippen molar-refractivity contribution < 1.29 is 9.59 Å². The molecule has 2 fully saturated rings. The molecular formula is C20H26N4O2. The second-order valence-corrected chi connectivity index (χ2v) is 7.30. The van der Waals surface area contributed by atoms with Crippen LogP contribution in [0.5, 0.6) is 0 Å². The predicted octanol–water partition coefficient (Wildman–Crippen LogP) is 2.98. The third-order valence-corrected chi connectivity index (χ3v) is 5.69. The first-order valence-electron chi connectivity index (χ1n) is 9.78. The van der Waals surface area contributed by atoms with Gasteiger partial charge in [0, 0.05) is 31.9 Å². The quantitative estimate of drug-likeness (QED) is 0.851. The van der Waals surface area contributed by atoms with E-state index in [1.54, 1.807) is 4.40 Å². The van der Waals surface area contributed by atoms with Gasteiger partial charge >= 0.3 is 0 Å². The molecular weight excluding hydrogens is 328 g/mol. The van der Waals surface area contributed by atoms with Crippen molar-refractivity contribution in [3.63, 3.8) is 0 Å². The predicted molar refractivity (Wildman–Crippen MR) is 99.3 cm³/mol. The van der Waals surface area contributed by atoms with Crippen LogP contribution < -0.4 is 0 Å². The summed E-state index contributed by atoms with van der Waals surface area (Å²) < 4.78 is 1.78. The van der Waals surface area contributed by atoms with Crippen LogP contribution in [0, 0.1) is 0 Å². The second kappa shape index (κ2) is 7.09. The minimum absolute atomic E-state index is 0.0410. The van der Waals surface area contributed by atoms with Gasteiger partial charge in [-0.15, -0.1) is 0 Å². The lowest BCUT2D eigenvalue weighted by Crippen LogP contribution is -2.43. The van der Waals surface area contributed by atoms with Gasteiger partial charge in [-0.1, -0.05) is 13.0 Å². The summed E-state index contributed by atoms with van der Waals surface area (Å²) in [4.78, 5) is 34.5. The molecule has 0 aromatic carbocycles. The number of aromatic nitrogens is 2. The maximum atomic E-state index is 13.3. The number of pyridine rings is 1. The molecule has 0 N–H and O–H groups in total. The topological polar surface area (TPSA) is 57.9 Å². The second-order valence-electron chi connectivity index (χ2n) is 7.30. The van der Waals surface area contributed by atoms with Crippen molar-refractivity contribution in [2.24, 2.45) is 0 Å². The van der Waals surface area contributed by atoms with Crippen LogP contribution in [0.4, 0.5) is 0 Å². The van der Waals surface area contributed by atoms with Crippen LogP contribution in [0.2, 0.25) is 0 Å². The minimum atomic E-state index is -0.0755. The molecule has 4 heterocycles. The fourth-order valence-electron chi connectivity index (χ4n) is 4.24. The summed E-state index contributed by atoms with van der Waals surface area (Å²) in [5.41, 5.74) is 1.13. The Morgan fingerprint density at radius 1 is 1.08 bits per heavy atom. The summed E-state index contributed by atoms with van der Waals surface area (Å²) in [6.45, 7) is 4.45. The maximum absolute atomic E-state index is 13.3. The molecule has 0 bridgehead atoms. The molecule has 2 aliphatic heterocycles. The molecule has 0 aliphatic carbocycles. The maximum Gasteiger partial charge on any atom is 0.290 e. The smallest absolute Gasteiger partial charge is 0.290 e. The van der Waals surface area contributed by atoms with Gasteiger partial charge in [0.2, 0.25) is 5.82 Å². The number of amides is 2. The highest BCUT2D eigenvalue weighted by atomic mass is 16.2. The highest BCUT2D eigenvalue weighted by Crippen LogP contribution is 2.24. The van der Waals surface area contributed by atoms with Crippen LogP contribution in [0.15, 0.2) is 24.4 Å². The van der Waals surface area contributed by atoms with Gasteiger partial charge in [0.15, 0.2) is 5.69 Å². The number of rotatable bonds is 3. The van der Waals surface area contributed by atoms with E-state index in [2.05, 4.69) is 11.9 Å². The van der Waals surface area contributed by atoms with Gasteiger partial charge in [0.05, 0.1) is 5.52 Å². The molecule has 2 aromatic heterocycles. The molecule has 2 aromatic rings. The molecule has 26 heavy (non-hydrogen) atoms. The average molecular weight is 354 g/mol. The van der Waals surface area contributed by atoms with Gasteiger partial charge in [-0.3, -0.25) is 14.0 Å². The number of likely N-dealkylation sites (tertiary alicyclic amines) is 2. The number of carbonyl (C=O) groups excluding carboxylic acids is 2. The van der Waals surface area contributed by atoms with Crippen molar-refractivity contribution in [3.05, 3.63) is 35.9 Å². The summed E-state index contributed by atoms with van der Waals surface area (Å²) in [6.07, 6.45) is 8.11. The van der Waals surface area contributed by atoms with E-state index in [0.717, 1.165) is 57.3 Å². The molecule has 6 heteroatoms. The van der Waals surface area contributed by atoms with Crippen molar-refractivity contribution in [1.82, 2.24) is 19.2 Å². The first-order valence-corrected chi connectivity index (χ1v) is 9.78. The van der Waals surface area contributed by atoms with E-state index in [0.29, 0.717) is 11.5 Å². The summed E-state index contributed by atoms with van der Waals surface area (Å²) in [5, 5.41) is 0. The van der Waals surface area contributed by atoms with Crippen LogP contribution >= 0.6 is 0 Å². The Morgan fingerprint density at radius 2 is 1.85 bits per heavy atom. The Morgan fingerprint density at radius 3 is 2.62 bits per heavy atom. The van der Waals surface area contributed by atoms with Crippen LogP contribution in [0.1, 0.15) is 66.6 Å². The number of carbonyl (C=O) groups is 2. The highest BCUT2D eigenvalue weighted by Gasteiger charge is 2.31. The lowest BCUT2D eigenvalue weighted by Gasteiger charge is -2.34. The zero-order valence-corrected chi connectivity index (χ0v) is 15.4. The van der Waals surface area contributed by atoms with Gasteiger partial charge in [-0.2, -0.15) is 0 Å². The van der Waals surface area contributed by atoms with E-state index >= 15 is 0 Å². The van der Waals surface area contributed by atoms with Crippen LogP contribution in [-0.2, 0) is 0 Å². The standard InChI is InChI=1S/C20H26N4O2/c1-2-15-9-3-5-13-23(15)19(25)17-16-10-4-6-14-24(16)18(21-17)20(26)22-11-7-8-12-22/h4,6,10,14-15H,2-3,5,7-9,11-13H2,1H3. The number of imidazole rings is 1. The number of piperidine rings is 1. The first-order chi connectivity index (χ1) is 12.7. The van der Waals surface area contributed by atoms with E-state index in [-0.39, 0.29) is 17.9 Å². The van der Waals surface area contributed by atoms with E-state index < -0.39 is 0 Å². The van der Waals surface area contributed by atoms with Crippen LogP contribution in [0.25, 0.3) is 5.52 Å². The number of fused-ring (bicyclic) bond motifs is 1. The van der Waals surface area contributed by atoms with Crippen molar-refractivity contribution >= 4 is 17.3 Å². The first kappa shape index (κ1) is 17.1. The monoisotopic (exact) mass is 354 g/mol. The molecule has 1 unspecified atom stereocenters. The molecule has 2 aliphatic rings. The average Bonchev–Trinajstić information content (AvgIpc) is 3.35. The Hall–Kier alpha value is -2.37. The molecule has 1 atom stereocenters. The molecule has 0 saturated carbocycles. The van der Waals surface area contributed by atoms with Crippen LogP contribution in [0.3, 0.4) is 0 Å². The van der Waals surface area contributed by atoms with Crippen molar-refractivity contribution in [3.8, 4) is 0 Å². The Kier molecular flexibility index (Phi) is 4.66. The van der Waals surface area contributed by atoms with E-state index in [1.807, 2.05) is 34.2 Å². The van der Waals surface area contributed by atoms with Crippen LogP contribution in [-0.4, -0.2) is 56.7 Å². The zero-order chi connectivity index (χ0) is 18.1. The third-order valence-electron chi connectivity index (χ3n) is 5.69. The lowest BCUT2D eigenvalue weighted by atomic mass is 9.99. The molecule has 2 saturated heterocycles. The van der Waals surface area contributed by atoms with Gasteiger partial charge in [0.1, 0.15) is 0 Å². The van der Waals surface area contributed by atoms with Gasteiger partial charge in [-0.05, 0) is 50.7 Å². The van der Waals surface area contributed by atoms with E-state index in [9.17, 15) is 9.59 Å². The number of hydrogen-bond donors (Lipinski definition) is 0. The summed E-state index contributed by atoms with van der Waals surface area (Å²) >= 11 is 0. The van der Waals surface area contributed by atoms with Crippen molar-refractivity contribution in [1.29, 1.82) is 0 Å². The summed E-state index contributed by atoms with van der Waals surface area (Å²) in [5.74, 6) is 0.241.